The highest BCUT2D eigenvalue weighted by Gasteiger charge is 2.28. The zero-order valence-corrected chi connectivity index (χ0v) is 17.8. The third kappa shape index (κ3) is 7.14. The Morgan fingerprint density at radius 2 is 1.96 bits per heavy atom. The van der Waals surface area contributed by atoms with Gasteiger partial charge in [-0.05, 0) is 51.0 Å². The van der Waals surface area contributed by atoms with Gasteiger partial charge in [0.2, 0.25) is 5.91 Å². The molecule has 0 saturated carbocycles. The summed E-state index contributed by atoms with van der Waals surface area (Å²) >= 11 is 1.50. The summed E-state index contributed by atoms with van der Waals surface area (Å²) in [6.07, 6.45) is 1.71. The summed E-state index contributed by atoms with van der Waals surface area (Å²) < 4.78 is 10.1. The van der Waals surface area contributed by atoms with Crippen LogP contribution in [0.3, 0.4) is 0 Å². The minimum atomic E-state index is -0.510. The molecule has 1 aromatic heterocycles. The average molecular weight is 411 g/mol. The van der Waals surface area contributed by atoms with Gasteiger partial charge in [0, 0.05) is 24.4 Å². The van der Waals surface area contributed by atoms with E-state index >= 15 is 0 Å². The van der Waals surface area contributed by atoms with E-state index < -0.39 is 5.60 Å². The van der Waals surface area contributed by atoms with Gasteiger partial charge in [-0.2, -0.15) is 0 Å². The summed E-state index contributed by atoms with van der Waals surface area (Å²) in [5.41, 5.74) is -0.510. The van der Waals surface area contributed by atoms with Crippen molar-refractivity contribution in [2.24, 2.45) is 5.92 Å². The van der Waals surface area contributed by atoms with Gasteiger partial charge in [-0.25, -0.2) is 4.79 Å². The highest BCUT2D eigenvalue weighted by Crippen LogP contribution is 2.25. The van der Waals surface area contributed by atoms with E-state index in [1.807, 2.05) is 38.3 Å². The van der Waals surface area contributed by atoms with E-state index in [0.717, 1.165) is 17.7 Å². The Labute approximate surface area is 170 Å². The number of rotatable bonds is 6. The summed E-state index contributed by atoms with van der Waals surface area (Å²) in [6.45, 7) is 6.72. The molecule has 2 heterocycles. The number of methoxy groups -OCH3 is 1. The number of nitrogens with one attached hydrogen (secondary N) is 1. The Morgan fingerprint density at radius 1 is 1.29 bits per heavy atom. The Morgan fingerprint density at radius 3 is 2.50 bits per heavy atom. The van der Waals surface area contributed by atoms with Gasteiger partial charge in [0.25, 0.3) is 0 Å². The maximum Gasteiger partial charge on any atom is 0.410 e. The zero-order valence-electron chi connectivity index (χ0n) is 17.0. The van der Waals surface area contributed by atoms with Crippen molar-refractivity contribution < 1.29 is 23.9 Å². The van der Waals surface area contributed by atoms with Gasteiger partial charge in [-0.1, -0.05) is 6.07 Å². The first kappa shape index (κ1) is 22.2. The fourth-order valence-electron chi connectivity index (χ4n) is 3.12. The number of nitrogens with zero attached hydrogens (tertiary/aromatic N) is 1. The van der Waals surface area contributed by atoms with Crippen molar-refractivity contribution in [2.45, 2.75) is 58.1 Å². The molecule has 0 aliphatic carbocycles. The maximum atomic E-state index is 12.5. The predicted molar refractivity (Wildman–Crippen MR) is 107 cm³/mol. The lowest BCUT2D eigenvalue weighted by Gasteiger charge is -2.33. The lowest BCUT2D eigenvalue weighted by atomic mass is 9.93. The lowest BCUT2D eigenvalue weighted by molar-refractivity contribution is -0.141. The van der Waals surface area contributed by atoms with Crippen molar-refractivity contribution in [3.8, 4) is 0 Å². The molecule has 2 rings (SSSR count). The van der Waals surface area contributed by atoms with E-state index in [1.54, 1.807) is 4.90 Å². The van der Waals surface area contributed by atoms with Gasteiger partial charge >= 0.3 is 12.1 Å². The van der Waals surface area contributed by atoms with Gasteiger partial charge < -0.3 is 19.7 Å². The second kappa shape index (κ2) is 9.91. The van der Waals surface area contributed by atoms with Crippen LogP contribution in [0.25, 0.3) is 0 Å². The first-order valence-corrected chi connectivity index (χ1v) is 10.4. The molecular formula is C20H30N2O5S. The van der Waals surface area contributed by atoms with Crippen molar-refractivity contribution in [2.75, 3.05) is 20.2 Å². The Bertz CT molecular complexity index is 661. The molecule has 1 fully saturated rings. The third-order valence-corrected chi connectivity index (χ3v) is 5.55. The first-order chi connectivity index (χ1) is 13.2. The van der Waals surface area contributed by atoms with E-state index in [-0.39, 0.29) is 36.4 Å². The second-order valence-corrected chi connectivity index (χ2v) is 9.01. The number of amides is 2. The van der Waals surface area contributed by atoms with E-state index in [0.29, 0.717) is 19.5 Å². The van der Waals surface area contributed by atoms with Crippen LogP contribution in [-0.2, 0) is 19.1 Å². The predicted octanol–water partition coefficient (Wildman–Crippen LogP) is 3.51. The fraction of sp³-hybridized carbons (Fsp3) is 0.650. The maximum absolute atomic E-state index is 12.5. The number of esters is 1. The summed E-state index contributed by atoms with van der Waals surface area (Å²) in [6, 6.07) is 3.42. The van der Waals surface area contributed by atoms with Gasteiger partial charge in [0.15, 0.2) is 0 Å². The minimum absolute atomic E-state index is 0.0852. The van der Waals surface area contributed by atoms with Gasteiger partial charge in [-0.3, -0.25) is 9.59 Å². The molecule has 8 heteroatoms. The highest BCUT2D eigenvalue weighted by molar-refractivity contribution is 7.10. The van der Waals surface area contributed by atoms with E-state index in [2.05, 4.69) is 5.32 Å². The van der Waals surface area contributed by atoms with Gasteiger partial charge in [-0.15, -0.1) is 11.3 Å². The minimum Gasteiger partial charge on any atom is -0.469 e. The molecule has 1 saturated heterocycles. The number of piperidine rings is 1. The summed E-state index contributed by atoms with van der Waals surface area (Å²) in [4.78, 5) is 39.0. The van der Waals surface area contributed by atoms with E-state index in [4.69, 9.17) is 9.47 Å². The number of ether oxygens (including phenoxy) is 2. The van der Waals surface area contributed by atoms with E-state index in [1.165, 1.54) is 18.4 Å². The monoisotopic (exact) mass is 410 g/mol. The topological polar surface area (TPSA) is 84.9 Å². The molecule has 28 heavy (non-hydrogen) atoms. The summed E-state index contributed by atoms with van der Waals surface area (Å²) in [5.74, 6) is -0.233. The molecule has 1 aromatic rings. The number of hydrogen-bond acceptors (Lipinski definition) is 6. The molecule has 1 unspecified atom stereocenters. The molecule has 1 atom stereocenters. The largest absolute Gasteiger partial charge is 0.469 e. The normalized spacial score (nSPS) is 16.4. The quantitative estimate of drug-likeness (QED) is 0.726. The summed E-state index contributed by atoms with van der Waals surface area (Å²) in [5, 5.41) is 4.88. The zero-order chi connectivity index (χ0) is 20.7. The summed E-state index contributed by atoms with van der Waals surface area (Å²) in [7, 11) is 1.34. The second-order valence-electron chi connectivity index (χ2n) is 8.03. The first-order valence-electron chi connectivity index (χ1n) is 9.55. The molecule has 156 valence electrons. The number of thiophene rings is 1. The molecule has 7 nitrogen and oxygen atoms in total. The molecule has 0 spiro atoms. The SMILES string of the molecule is COC(=O)CC(NC(=O)CC1CCN(C(=O)OC(C)(C)C)CC1)c1cccs1. The molecule has 1 aliphatic rings. The lowest BCUT2D eigenvalue weighted by Crippen LogP contribution is -2.42. The van der Waals surface area contributed by atoms with Crippen LogP contribution in [-0.4, -0.2) is 48.7 Å². The van der Waals surface area contributed by atoms with Crippen molar-refractivity contribution in [1.29, 1.82) is 0 Å². The van der Waals surface area contributed by atoms with Crippen molar-refractivity contribution in [3.63, 3.8) is 0 Å². The van der Waals surface area contributed by atoms with Crippen LogP contribution >= 0.6 is 11.3 Å². The Kier molecular flexibility index (Phi) is 7.86. The van der Waals surface area contributed by atoms with Crippen molar-refractivity contribution >= 4 is 29.3 Å². The van der Waals surface area contributed by atoms with Gasteiger partial charge in [0.1, 0.15) is 5.60 Å². The Hall–Kier alpha value is -2.09. The fourth-order valence-corrected chi connectivity index (χ4v) is 3.90. The van der Waals surface area contributed by atoms with Crippen LogP contribution in [0.15, 0.2) is 17.5 Å². The number of likely N-dealkylation sites (tertiary alicyclic amines) is 1. The standard InChI is InChI=1S/C20H30N2O5S/c1-20(2,3)27-19(25)22-9-7-14(8-10-22)12-17(23)21-15(13-18(24)26-4)16-6-5-11-28-16/h5-6,11,14-15H,7-10,12-13H2,1-4H3,(H,21,23). The molecular weight excluding hydrogens is 380 g/mol. The third-order valence-electron chi connectivity index (χ3n) is 4.56. The van der Waals surface area contributed by atoms with Crippen LogP contribution in [0, 0.1) is 5.92 Å². The smallest absolute Gasteiger partial charge is 0.410 e. The molecule has 1 aliphatic heterocycles. The van der Waals surface area contributed by atoms with Crippen molar-refractivity contribution in [3.05, 3.63) is 22.4 Å². The van der Waals surface area contributed by atoms with Crippen LogP contribution in [0.5, 0.6) is 0 Å². The average Bonchev–Trinajstić information content (AvgIpc) is 3.14. The molecule has 1 N–H and O–H groups in total. The van der Waals surface area contributed by atoms with Crippen LogP contribution in [0.2, 0.25) is 0 Å². The van der Waals surface area contributed by atoms with Crippen molar-refractivity contribution in [1.82, 2.24) is 10.2 Å². The number of carbonyl (C=O) groups is 3. The Balaban J connectivity index is 1.82. The molecule has 0 aromatic carbocycles. The molecule has 2 amide bonds. The van der Waals surface area contributed by atoms with Crippen LogP contribution < -0.4 is 5.32 Å². The number of hydrogen-bond donors (Lipinski definition) is 1. The molecule has 0 bridgehead atoms. The van der Waals surface area contributed by atoms with Crippen LogP contribution in [0.1, 0.15) is 57.4 Å². The van der Waals surface area contributed by atoms with Gasteiger partial charge in [0.05, 0.1) is 19.6 Å². The molecule has 0 radical (unpaired) electrons. The highest BCUT2D eigenvalue weighted by atomic mass is 32.1. The van der Waals surface area contributed by atoms with Crippen LogP contribution in [0.4, 0.5) is 4.79 Å². The van der Waals surface area contributed by atoms with E-state index in [9.17, 15) is 14.4 Å². The number of carbonyl (C=O) groups excluding carboxylic acids is 3.